The van der Waals surface area contributed by atoms with Crippen molar-refractivity contribution in [1.29, 1.82) is 0 Å². The van der Waals surface area contributed by atoms with Gasteiger partial charge in [0.15, 0.2) is 0 Å². The first-order chi connectivity index (χ1) is 22.1. The number of piperazine rings is 1. The molecule has 1 aliphatic carbocycles. The van der Waals surface area contributed by atoms with Crippen LogP contribution in [0.1, 0.15) is 73.8 Å². The number of urea groups is 1. The molecule has 0 bridgehead atoms. The molecular formula is C34H42ClN7O4. The number of ether oxygens (including phenoxy) is 2. The third-order valence-electron chi connectivity index (χ3n) is 8.66. The Labute approximate surface area is 274 Å². The molecule has 0 radical (unpaired) electrons. The van der Waals surface area contributed by atoms with Crippen molar-refractivity contribution >= 4 is 35.4 Å². The molecule has 6 rings (SSSR count). The fourth-order valence-electron chi connectivity index (χ4n) is 6.44. The van der Waals surface area contributed by atoms with Gasteiger partial charge >= 0.3 is 12.1 Å². The van der Waals surface area contributed by atoms with Crippen LogP contribution in [0.2, 0.25) is 5.02 Å². The van der Waals surface area contributed by atoms with Crippen molar-refractivity contribution in [3.63, 3.8) is 0 Å². The van der Waals surface area contributed by atoms with Crippen molar-refractivity contribution in [2.24, 2.45) is 7.05 Å². The Balaban J connectivity index is 1.35. The fraction of sp³-hybridized carbons (Fsp3) is 0.471. The van der Waals surface area contributed by atoms with Crippen LogP contribution in [0.5, 0.6) is 0 Å². The van der Waals surface area contributed by atoms with Gasteiger partial charge in [-0.2, -0.15) is 0 Å². The van der Waals surface area contributed by atoms with Gasteiger partial charge in [-0.05, 0) is 67.3 Å². The van der Waals surface area contributed by atoms with Gasteiger partial charge in [0, 0.05) is 62.8 Å². The van der Waals surface area contributed by atoms with Gasteiger partial charge in [0.05, 0.1) is 49.2 Å². The van der Waals surface area contributed by atoms with E-state index in [0.717, 1.165) is 46.5 Å². The van der Waals surface area contributed by atoms with Crippen molar-refractivity contribution in [3.05, 3.63) is 82.2 Å². The highest BCUT2D eigenvalue weighted by Gasteiger charge is 2.37. The molecule has 1 unspecified atom stereocenters. The smallest absolute Gasteiger partial charge is 0.410 e. The topological polar surface area (TPSA) is 114 Å². The number of fused-ring (bicyclic) bond motifs is 2. The lowest BCUT2D eigenvalue weighted by atomic mass is 9.90. The van der Waals surface area contributed by atoms with E-state index < -0.39 is 11.6 Å². The van der Waals surface area contributed by atoms with E-state index in [2.05, 4.69) is 38.7 Å². The fourth-order valence-corrected chi connectivity index (χ4v) is 6.61. The summed E-state index contributed by atoms with van der Waals surface area (Å²) < 4.78 is 13.1. The van der Waals surface area contributed by atoms with Gasteiger partial charge in [-0.1, -0.05) is 23.7 Å². The quantitative estimate of drug-likeness (QED) is 0.392. The molecule has 3 amide bonds. The largest absolute Gasteiger partial charge is 0.446 e. The normalized spacial score (nSPS) is 19.7. The van der Waals surface area contributed by atoms with Gasteiger partial charge in [-0.3, -0.25) is 9.88 Å². The Bertz CT molecular complexity index is 1600. The lowest BCUT2D eigenvalue weighted by Gasteiger charge is -2.40. The van der Waals surface area contributed by atoms with Crippen molar-refractivity contribution in [3.8, 4) is 0 Å². The maximum Gasteiger partial charge on any atom is 0.410 e. The van der Waals surface area contributed by atoms with Crippen LogP contribution < -0.4 is 10.6 Å². The molecule has 2 fully saturated rings. The summed E-state index contributed by atoms with van der Waals surface area (Å²) in [5, 5.41) is 6.86. The third-order valence-corrected chi connectivity index (χ3v) is 8.90. The Morgan fingerprint density at radius 2 is 1.87 bits per heavy atom. The molecule has 2 atom stereocenters. The molecule has 2 N–H and O–H groups in total. The average molecular weight is 648 g/mol. The van der Waals surface area contributed by atoms with Crippen molar-refractivity contribution in [1.82, 2.24) is 35.0 Å². The molecule has 2 saturated heterocycles. The van der Waals surface area contributed by atoms with Gasteiger partial charge in [0.1, 0.15) is 6.10 Å². The summed E-state index contributed by atoms with van der Waals surface area (Å²) in [6.45, 7) is 9.44. The summed E-state index contributed by atoms with van der Waals surface area (Å²) in [6, 6.07) is 8.86. The van der Waals surface area contributed by atoms with Crippen LogP contribution in [0.15, 0.2) is 49.1 Å². The zero-order valence-electron chi connectivity index (χ0n) is 26.8. The molecule has 46 heavy (non-hydrogen) atoms. The number of halogens is 1. The molecular weight excluding hydrogens is 606 g/mol. The first-order valence-electron chi connectivity index (χ1n) is 15.9. The van der Waals surface area contributed by atoms with Crippen molar-refractivity contribution < 1.29 is 19.1 Å². The van der Waals surface area contributed by atoms with Gasteiger partial charge in [-0.25, -0.2) is 14.6 Å². The average Bonchev–Trinajstić information content (AvgIpc) is 3.39. The number of nitrogens with zero attached hydrogens (tertiary/aromatic N) is 5. The molecule has 0 saturated carbocycles. The first-order valence-corrected chi connectivity index (χ1v) is 16.2. The number of benzene rings is 1. The Hall–Kier alpha value is -3.93. The second kappa shape index (κ2) is 13.4. The van der Waals surface area contributed by atoms with Crippen LogP contribution in [0.25, 0.3) is 11.6 Å². The van der Waals surface area contributed by atoms with Crippen LogP contribution >= 0.6 is 11.6 Å². The molecule has 244 valence electrons. The number of nitrogens with one attached hydrogen (secondary N) is 2. The summed E-state index contributed by atoms with van der Waals surface area (Å²) >= 11 is 6.69. The Morgan fingerprint density at radius 3 is 2.57 bits per heavy atom. The molecule has 2 aromatic heterocycles. The zero-order valence-corrected chi connectivity index (χ0v) is 27.6. The minimum Gasteiger partial charge on any atom is -0.446 e. The van der Waals surface area contributed by atoms with Gasteiger partial charge in [-0.15, -0.1) is 0 Å². The van der Waals surface area contributed by atoms with Gasteiger partial charge < -0.3 is 29.6 Å². The number of hydrogen-bond acceptors (Lipinski definition) is 7. The Kier molecular flexibility index (Phi) is 9.35. The predicted molar refractivity (Wildman–Crippen MR) is 176 cm³/mol. The second-order valence-electron chi connectivity index (χ2n) is 13.1. The molecule has 3 aromatic rings. The van der Waals surface area contributed by atoms with Crippen LogP contribution in [0.4, 0.5) is 9.59 Å². The monoisotopic (exact) mass is 647 g/mol. The Morgan fingerprint density at radius 1 is 1.11 bits per heavy atom. The highest BCUT2D eigenvalue weighted by molar-refractivity contribution is 6.30. The minimum absolute atomic E-state index is 0.0928. The first kappa shape index (κ1) is 32.0. The molecule has 1 aromatic carbocycles. The third kappa shape index (κ3) is 7.06. The number of imidazole rings is 1. The van der Waals surface area contributed by atoms with E-state index in [1.165, 1.54) is 0 Å². The number of aromatic nitrogens is 3. The van der Waals surface area contributed by atoms with E-state index in [1.807, 2.05) is 56.8 Å². The van der Waals surface area contributed by atoms with Crippen LogP contribution in [0, 0.1) is 0 Å². The molecule has 2 aliphatic heterocycles. The highest BCUT2D eigenvalue weighted by Crippen LogP contribution is 2.44. The molecule has 11 nitrogen and oxygen atoms in total. The molecule has 3 aliphatic rings. The van der Waals surface area contributed by atoms with Gasteiger partial charge in [0.25, 0.3) is 0 Å². The van der Waals surface area contributed by atoms with E-state index in [9.17, 15) is 9.59 Å². The van der Waals surface area contributed by atoms with Crippen molar-refractivity contribution in [2.75, 3.05) is 39.4 Å². The van der Waals surface area contributed by atoms with Crippen LogP contribution in [0.3, 0.4) is 0 Å². The highest BCUT2D eigenvalue weighted by atomic mass is 35.5. The van der Waals surface area contributed by atoms with Crippen LogP contribution in [-0.2, 0) is 16.5 Å². The molecule has 0 spiro atoms. The van der Waals surface area contributed by atoms with Crippen LogP contribution in [-0.4, -0.2) is 87.5 Å². The van der Waals surface area contributed by atoms with E-state index in [0.29, 0.717) is 44.4 Å². The number of hydrogen-bond donors (Lipinski definition) is 2. The molecule has 4 heterocycles. The summed E-state index contributed by atoms with van der Waals surface area (Å²) in [5.41, 5.74) is 5.06. The number of rotatable bonds is 5. The standard InChI is InChI=1S/C34H42ClN7O4/c1-34(2,3)39-32(43)38-30(28-20-36-21-40(28)4)27-18-22-6-5-11-37-29(22)31(25-8-7-23(35)19-26(25)27)41-12-14-42(15-13-41)33(44)46-24-9-16-45-17-10-24/h5-8,11,18-21,24,30-31H,9-10,12-17H2,1-4H3,(H2,38,39,43)/t30?,31-/m0/s1. The second-order valence-corrected chi connectivity index (χ2v) is 13.6. The van der Waals surface area contributed by atoms with E-state index in [1.54, 1.807) is 17.4 Å². The van der Waals surface area contributed by atoms with E-state index in [-0.39, 0.29) is 24.3 Å². The number of carbonyl (C=O) groups is 2. The van der Waals surface area contributed by atoms with E-state index in [4.69, 9.17) is 26.1 Å². The lowest BCUT2D eigenvalue weighted by Crippen LogP contribution is -2.51. The lowest BCUT2D eigenvalue weighted by molar-refractivity contribution is -0.0155. The minimum atomic E-state index is -0.546. The predicted octanol–water partition coefficient (Wildman–Crippen LogP) is 5.18. The maximum atomic E-state index is 13.4. The summed E-state index contributed by atoms with van der Waals surface area (Å²) in [4.78, 5) is 39.9. The SMILES string of the molecule is Cn1cncc1C(NC(=O)NC(C)(C)C)C1=Cc2cccnc2[C@@H](N2CCN(C(=O)OC3CCOCC3)CC2)c2ccc(Cl)cc21. The number of aryl methyl sites for hydroxylation is 1. The number of carbonyl (C=O) groups excluding carboxylic acids is 2. The maximum absolute atomic E-state index is 13.4. The number of pyridine rings is 1. The number of amides is 3. The molecule has 12 heteroatoms. The van der Waals surface area contributed by atoms with Gasteiger partial charge in [0.2, 0.25) is 0 Å². The summed E-state index contributed by atoms with van der Waals surface area (Å²) in [7, 11) is 1.92. The van der Waals surface area contributed by atoms with Crippen molar-refractivity contribution in [2.45, 2.75) is 57.3 Å². The summed E-state index contributed by atoms with van der Waals surface area (Å²) in [5.74, 6) is 0. The summed E-state index contributed by atoms with van der Waals surface area (Å²) in [6.07, 6.45) is 8.54. The van der Waals surface area contributed by atoms with E-state index >= 15 is 0 Å². The zero-order chi connectivity index (χ0) is 32.4.